The summed E-state index contributed by atoms with van der Waals surface area (Å²) < 4.78 is 6.52. The Morgan fingerprint density at radius 3 is 2.10 bits per heavy atom. The number of pyridine rings is 3. The van der Waals surface area contributed by atoms with Crippen molar-refractivity contribution in [3.8, 4) is 33.8 Å². The molecular formula is C55H35N3O. The second-order valence-electron chi connectivity index (χ2n) is 15.0. The molecule has 4 nitrogen and oxygen atoms in total. The Hall–Kier alpha value is -7.91. The van der Waals surface area contributed by atoms with Crippen molar-refractivity contribution in [3.63, 3.8) is 0 Å². The summed E-state index contributed by atoms with van der Waals surface area (Å²) in [7, 11) is 0. The molecule has 4 heteroatoms. The van der Waals surface area contributed by atoms with Crippen LogP contribution in [0.5, 0.6) is 0 Å². The van der Waals surface area contributed by atoms with Gasteiger partial charge in [0.1, 0.15) is 11.2 Å². The van der Waals surface area contributed by atoms with Crippen LogP contribution >= 0.6 is 0 Å². The molecule has 0 aliphatic rings. The van der Waals surface area contributed by atoms with Crippen LogP contribution in [-0.4, -0.2) is 15.0 Å². The Balaban J connectivity index is 0.905. The van der Waals surface area contributed by atoms with Gasteiger partial charge < -0.3 is 4.42 Å². The largest absolute Gasteiger partial charge is 0.455 e. The minimum Gasteiger partial charge on any atom is -0.455 e. The molecule has 0 saturated carbocycles. The molecular weight excluding hydrogens is 719 g/mol. The Morgan fingerprint density at radius 1 is 0.559 bits per heavy atom. The monoisotopic (exact) mass is 753 g/mol. The van der Waals surface area contributed by atoms with E-state index in [0.29, 0.717) is 0 Å². The van der Waals surface area contributed by atoms with E-state index in [1.807, 2.05) is 36.4 Å². The molecule has 59 heavy (non-hydrogen) atoms. The Kier molecular flexibility index (Phi) is 8.11. The Morgan fingerprint density at radius 2 is 1.25 bits per heavy atom. The van der Waals surface area contributed by atoms with Gasteiger partial charge in [0.25, 0.3) is 0 Å². The van der Waals surface area contributed by atoms with Crippen LogP contribution in [0.15, 0.2) is 193 Å². The van der Waals surface area contributed by atoms with E-state index in [0.717, 1.165) is 121 Å². The average Bonchev–Trinajstić information content (AvgIpc) is 3.68. The van der Waals surface area contributed by atoms with Gasteiger partial charge in [0, 0.05) is 60.0 Å². The number of nitrogens with zero attached hydrogens (tertiary/aromatic N) is 3. The molecule has 0 saturated heterocycles. The zero-order valence-corrected chi connectivity index (χ0v) is 32.3. The summed E-state index contributed by atoms with van der Waals surface area (Å²) in [6.07, 6.45) is 4.20. The van der Waals surface area contributed by atoms with Crippen molar-refractivity contribution in [2.24, 2.45) is 0 Å². The molecule has 276 valence electrons. The van der Waals surface area contributed by atoms with Gasteiger partial charge in [-0.25, -0.2) is 15.0 Å². The fourth-order valence-electron chi connectivity index (χ4n) is 8.42. The van der Waals surface area contributed by atoms with Crippen LogP contribution < -0.4 is 0 Å². The lowest BCUT2D eigenvalue weighted by atomic mass is 9.97. The number of furan rings is 1. The summed E-state index contributed by atoms with van der Waals surface area (Å²) in [5.41, 5.74) is 17.9. The highest BCUT2D eigenvalue weighted by Gasteiger charge is 2.17. The molecule has 0 unspecified atom stereocenters. The highest BCUT2D eigenvalue weighted by molar-refractivity contribution is 6.24. The third-order valence-electron chi connectivity index (χ3n) is 11.5. The molecule has 0 N–H and O–H groups in total. The van der Waals surface area contributed by atoms with Gasteiger partial charge in [-0.1, -0.05) is 140 Å². The molecule has 0 amide bonds. The Labute approximate surface area is 340 Å². The summed E-state index contributed by atoms with van der Waals surface area (Å²) in [5.74, 6) is 0. The Bertz CT molecular complexity index is 3550. The summed E-state index contributed by atoms with van der Waals surface area (Å²) in [6, 6.07) is 58.9. The third-order valence-corrected chi connectivity index (χ3v) is 11.5. The molecule has 7 aromatic carbocycles. The van der Waals surface area contributed by atoms with Crippen LogP contribution in [0.25, 0.3) is 111 Å². The standard InChI is InChI=1S/C55H35N3O/c1-3-35(37-11-5-4-6-12-37)17-18-36-19-22-39-25-30-49(57-53(39)34(36)2)42-27-32-48-41(33-42)26-31-47(56-48)38-20-23-40(24-21-38)54-46-29-28-44-43-13-8-10-16-51(43)59-55(44)52(46)45-14-7-9-15-50(45)58-54/h4-33H,1H2,2H3/b18-17-. The quantitative estimate of drug-likeness (QED) is 0.0964. The van der Waals surface area contributed by atoms with Crippen molar-refractivity contribution in [2.75, 3.05) is 0 Å². The first-order valence-electron chi connectivity index (χ1n) is 19.8. The molecule has 0 aliphatic carbocycles. The van der Waals surface area contributed by atoms with Gasteiger partial charge in [0.2, 0.25) is 0 Å². The van der Waals surface area contributed by atoms with Crippen LogP contribution in [0.3, 0.4) is 0 Å². The number of aryl methyl sites for hydroxylation is 1. The van der Waals surface area contributed by atoms with Crippen LogP contribution in [0.2, 0.25) is 0 Å². The molecule has 0 atom stereocenters. The molecule has 11 aromatic rings. The maximum Gasteiger partial charge on any atom is 0.144 e. The van der Waals surface area contributed by atoms with Crippen LogP contribution in [0.1, 0.15) is 16.7 Å². The first-order chi connectivity index (χ1) is 29.1. The van der Waals surface area contributed by atoms with E-state index in [1.165, 1.54) is 0 Å². The molecule has 11 rings (SSSR count). The number of fused-ring (bicyclic) bond motifs is 9. The van der Waals surface area contributed by atoms with E-state index in [2.05, 4.69) is 165 Å². The predicted molar refractivity (Wildman–Crippen MR) is 246 cm³/mol. The molecule has 0 aliphatic heterocycles. The second kappa shape index (κ2) is 13.9. The minimum atomic E-state index is 0.889. The molecule has 0 spiro atoms. The smallest absolute Gasteiger partial charge is 0.144 e. The van der Waals surface area contributed by atoms with Gasteiger partial charge in [0.15, 0.2) is 0 Å². The maximum absolute atomic E-state index is 6.52. The van der Waals surface area contributed by atoms with Gasteiger partial charge in [-0.05, 0) is 72.2 Å². The molecule has 0 fully saturated rings. The van der Waals surface area contributed by atoms with E-state index in [1.54, 1.807) is 0 Å². The number of para-hydroxylation sites is 2. The van der Waals surface area contributed by atoms with E-state index in [9.17, 15) is 0 Å². The molecule has 0 radical (unpaired) electrons. The first-order valence-corrected chi connectivity index (χ1v) is 19.8. The fourth-order valence-corrected chi connectivity index (χ4v) is 8.42. The van der Waals surface area contributed by atoms with E-state index in [4.69, 9.17) is 19.4 Å². The number of hydrogen-bond donors (Lipinski definition) is 0. The highest BCUT2D eigenvalue weighted by Crippen LogP contribution is 2.41. The molecule has 4 heterocycles. The van der Waals surface area contributed by atoms with Gasteiger partial charge in [-0.2, -0.15) is 0 Å². The van der Waals surface area contributed by atoms with Crippen molar-refractivity contribution in [3.05, 3.63) is 205 Å². The summed E-state index contributed by atoms with van der Waals surface area (Å²) in [6.45, 7) is 6.05. The zero-order chi connectivity index (χ0) is 39.5. The number of aromatic nitrogens is 3. The lowest BCUT2D eigenvalue weighted by molar-refractivity contribution is 0.673. The average molecular weight is 754 g/mol. The predicted octanol–water partition coefficient (Wildman–Crippen LogP) is 14.6. The van der Waals surface area contributed by atoms with Gasteiger partial charge in [-0.15, -0.1) is 5.73 Å². The number of benzene rings is 7. The van der Waals surface area contributed by atoms with Crippen LogP contribution in [-0.2, 0) is 0 Å². The summed E-state index contributed by atoms with van der Waals surface area (Å²) >= 11 is 0. The first kappa shape index (κ1) is 34.3. The topological polar surface area (TPSA) is 51.8 Å². The zero-order valence-electron chi connectivity index (χ0n) is 32.3. The number of rotatable bonds is 6. The fraction of sp³-hybridized carbons (Fsp3) is 0.0182. The van der Waals surface area contributed by atoms with Gasteiger partial charge in [0.05, 0.1) is 33.6 Å². The maximum atomic E-state index is 6.52. The second-order valence-corrected chi connectivity index (χ2v) is 15.0. The minimum absolute atomic E-state index is 0.889. The van der Waals surface area contributed by atoms with Crippen LogP contribution in [0.4, 0.5) is 0 Å². The van der Waals surface area contributed by atoms with Gasteiger partial charge in [-0.3, -0.25) is 0 Å². The van der Waals surface area contributed by atoms with Crippen molar-refractivity contribution in [1.29, 1.82) is 0 Å². The third kappa shape index (κ3) is 5.90. The lowest BCUT2D eigenvalue weighted by Gasteiger charge is -2.11. The van der Waals surface area contributed by atoms with Crippen molar-refractivity contribution in [1.82, 2.24) is 15.0 Å². The van der Waals surface area contributed by atoms with Crippen molar-refractivity contribution in [2.45, 2.75) is 6.92 Å². The number of allylic oxidation sites excluding steroid dienone is 2. The SMILES string of the molecule is C=C=C(/C=C\c1ccc2ccc(-c3ccc4nc(-c5ccc(-c6nc7ccccc7c7c6ccc6c8ccccc8oc67)cc5)ccc4c3)nc2c1C)c1ccccc1. The van der Waals surface area contributed by atoms with Crippen molar-refractivity contribution < 1.29 is 4.42 Å². The van der Waals surface area contributed by atoms with E-state index < -0.39 is 0 Å². The molecule has 4 aromatic heterocycles. The summed E-state index contributed by atoms with van der Waals surface area (Å²) in [5, 5.41) is 7.64. The van der Waals surface area contributed by atoms with Crippen LogP contribution in [0, 0.1) is 6.92 Å². The molecule has 0 bridgehead atoms. The summed E-state index contributed by atoms with van der Waals surface area (Å²) in [4.78, 5) is 15.5. The normalized spacial score (nSPS) is 11.7. The van der Waals surface area contributed by atoms with E-state index in [-0.39, 0.29) is 0 Å². The van der Waals surface area contributed by atoms with Gasteiger partial charge >= 0.3 is 0 Å². The number of hydrogen-bond acceptors (Lipinski definition) is 4. The van der Waals surface area contributed by atoms with Crippen molar-refractivity contribution >= 4 is 77.1 Å². The highest BCUT2D eigenvalue weighted by atomic mass is 16.3. The lowest BCUT2D eigenvalue weighted by Crippen LogP contribution is -1.92. The van der Waals surface area contributed by atoms with E-state index >= 15 is 0 Å².